The molecule has 0 radical (unpaired) electrons. The Morgan fingerprint density at radius 1 is 0.812 bits per heavy atom. The summed E-state index contributed by atoms with van der Waals surface area (Å²) < 4.78 is 0. The lowest BCUT2D eigenvalue weighted by Crippen LogP contribution is -2.32. The Balaban J connectivity index is 3.43. The Labute approximate surface area is 98.2 Å². The lowest BCUT2D eigenvalue weighted by atomic mass is 10.2. The van der Waals surface area contributed by atoms with Crippen LogP contribution >= 0.6 is 0 Å². The third kappa shape index (κ3) is 9.49. The summed E-state index contributed by atoms with van der Waals surface area (Å²) in [5, 5.41) is 5.46. The van der Waals surface area contributed by atoms with E-state index in [0.717, 1.165) is 32.1 Å². The summed E-state index contributed by atoms with van der Waals surface area (Å²) >= 11 is 0. The molecule has 0 saturated carbocycles. The molecule has 0 aliphatic carbocycles. The number of nitrogens with one attached hydrogen (secondary N) is 2. The molecule has 0 atom stereocenters. The highest BCUT2D eigenvalue weighted by atomic mass is 16.2. The highest BCUT2D eigenvalue weighted by Crippen LogP contribution is 1.91. The van der Waals surface area contributed by atoms with Gasteiger partial charge in [0, 0.05) is 13.1 Å². The predicted molar refractivity (Wildman–Crippen MR) is 65.1 cm³/mol. The van der Waals surface area contributed by atoms with Crippen LogP contribution in [0.1, 0.15) is 52.4 Å². The van der Waals surface area contributed by atoms with Crippen LogP contribution in [-0.2, 0) is 9.59 Å². The maximum atomic E-state index is 11.3. The van der Waals surface area contributed by atoms with Crippen LogP contribution in [0.25, 0.3) is 0 Å². The molecule has 0 unspecified atom stereocenters. The van der Waals surface area contributed by atoms with Crippen LogP contribution in [0.4, 0.5) is 0 Å². The van der Waals surface area contributed by atoms with Gasteiger partial charge in [0.15, 0.2) is 0 Å². The minimum absolute atomic E-state index is 0.0458. The molecule has 2 amide bonds. The van der Waals surface area contributed by atoms with Gasteiger partial charge < -0.3 is 10.6 Å². The van der Waals surface area contributed by atoms with Gasteiger partial charge in [0.25, 0.3) is 0 Å². The van der Waals surface area contributed by atoms with Crippen molar-refractivity contribution in [1.29, 1.82) is 0 Å². The van der Waals surface area contributed by atoms with Crippen molar-refractivity contribution >= 4 is 11.8 Å². The minimum atomic E-state index is -0.179. The van der Waals surface area contributed by atoms with E-state index < -0.39 is 0 Å². The molecule has 94 valence electrons. The fraction of sp³-hybridized carbons (Fsp3) is 0.833. The van der Waals surface area contributed by atoms with E-state index in [-0.39, 0.29) is 18.2 Å². The van der Waals surface area contributed by atoms with E-state index in [1.165, 1.54) is 0 Å². The summed E-state index contributed by atoms with van der Waals surface area (Å²) in [5.41, 5.74) is 0. The Morgan fingerprint density at radius 2 is 1.31 bits per heavy atom. The van der Waals surface area contributed by atoms with Crippen LogP contribution in [0.15, 0.2) is 0 Å². The highest BCUT2D eigenvalue weighted by Gasteiger charge is 2.07. The van der Waals surface area contributed by atoms with Gasteiger partial charge in [-0.2, -0.15) is 0 Å². The van der Waals surface area contributed by atoms with Crippen molar-refractivity contribution in [3.8, 4) is 0 Å². The average molecular weight is 228 g/mol. The van der Waals surface area contributed by atoms with Gasteiger partial charge in [0.2, 0.25) is 11.8 Å². The maximum Gasteiger partial charge on any atom is 0.229 e. The molecule has 0 spiro atoms. The smallest absolute Gasteiger partial charge is 0.229 e. The quantitative estimate of drug-likeness (QED) is 0.465. The van der Waals surface area contributed by atoms with E-state index in [4.69, 9.17) is 0 Å². The van der Waals surface area contributed by atoms with Crippen molar-refractivity contribution in [2.24, 2.45) is 0 Å². The lowest BCUT2D eigenvalue weighted by Gasteiger charge is -2.05. The number of carbonyl (C=O) groups is 2. The van der Waals surface area contributed by atoms with Gasteiger partial charge in [0.1, 0.15) is 6.42 Å². The van der Waals surface area contributed by atoms with E-state index in [1.54, 1.807) is 0 Å². The van der Waals surface area contributed by atoms with E-state index in [0.29, 0.717) is 13.1 Å². The zero-order chi connectivity index (χ0) is 12.2. The third-order valence-electron chi connectivity index (χ3n) is 2.28. The first-order valence-corrected chi connectivity index (χ1v) is 6.24. The van der Waals surface area contributed by atoms with Crippen LogP contribution < -0.4 is 10.6 Å². The molecule has 0 fully saturated rings. The molecular weight excluding hydrogens is 204 g/mol. The molecule has 0 aliphatic rings. The molecule has 4 heteroatoms. The molecule has 0 aliphatic heterocycles. The summed E-state index contributed by atoms with van der Waals surface area (Å²) in [6, 6.07) is 0. The van der Waals surface area contributed by atoms with Gasteiger partial charge in [-0.25, -0.2) is 0 Å². The monoisotopic (exact) mass is 228 g/mol. The second-order valence-electron chi connectivity index (χ2n) is 3.94. The number of amides is 2. The molecule has 0 rings (SSSR count). The summed E-state index contributed by atoms with van der Waals surface area (Å²) in [5.74, 6) is -0.355. The third-order valence-corrected chi connectivity index (χ3v) is 2.28. The number of carbonyl (C=O) groups excluding carboxylic acids is 2. The van der Waals surface area contributed by atoms with E-state index in [9.17, 15) is 9.59 Å². The Hall–Kier alpha value is -1.06. The molecule has 4 nitrogen and oxygen atoms in total. The molecule has 2 N–H and O–H groups in total. The number of unbranched alkanes of at least 4 members (excludes halogenated alkanes) is 3. The van der Waals surface area contributed by atoms with Crippen LogP contribution in [0.2, 0.25) is 0 Å². The Morgan fingerprint density at radius 3 is 1.81 bits per heavy atom. The first-order chi connectivity index (χ1) is 7.70. The molecule has 0 saturated heterocycles. The number of hydrogen-bond donors (Lipinski definition) is 2. The summed E-state index contributed by atoms with van der Waals surface area (Å²) in [7, 11) is 0. The fourth-order valence-corrected chi connectivity index (χ4v) is 1.28. The van der Waals surface area contributed by atoms with E-state index >= 15 is 0 Å². The molecule has 0 aromatic rings. The molecule has 16 heavy (non-hydrogen) atoms. The summed E-state index contributed by atoms with van der Waals surface area (Å²) in [6.07, 6.45) is 5.19. The lowest BCUT2D eigenvalue weighted by molar-refractivity contribution is -0.129. The standard InChI is InChI=1S/C12H24N2O2/c1-3-5-7-9-14-12(16)10-11(15)13-8-6-4-2/h3-10H2,1-2H3,(H,13,15)(H,14,16). The van der Waals surface area contributed by atoms with Crippen LogP contribution in [0.5, 0.6) is 0 Å². The summed E-state index contributed by atoms with van der Waals surface area (Å²) in [6.45, 7) is 5.52. The van der Waals surface area contributed by atoms with Gasteiger partial charge in [-0.05, 0) is 12.8 Å². The van der Waals surface area contributed by atoms with Crippen molar-refractivity contribution in [3.05, 3.63) is 0 Å². The van der Waals surface area contributed by atoms with Crippen molar-refractivity contribution in [1.82, 2.24) is 10.6 Å². The van der Waals surface area contributed by atoms with Gasteiger partial charge in [-0.15, -0.1) is 0 Å². The topological polar surface area (TPSA) is 58.2 Å². The molecule has 0 aromatic carbocycles. The predicted octanol–water partition coefficient (Wildman–Crippen LogP) is 1.60. The molecule has 0 heterocycles. The van der Waals surface area contributed by atoms with Gasteiger partial charge in [-0.1, -0.05) is 33.1 Å². The van der Waals surface area contributed by atoms with Gasteiger partial charge in [0.05, 0.1) is 0 Å². The highest BCUT2D eigenvalue weighted by molar-refractivity contribution is 5.96. The van der Waals surface area contributed by atoms with Crippen LogP contribution in [0, 0.1) is 0 Å². The van der Waals surface area contributed by atoms with E-state index in [2.05, 4.69) is 24.5 Å². The fourth-order valence-electron chi connectivity index (χ4n) is 1.28. The second-order valence-corrected chi connectivity index (χ2v) is 3.94. The Bertz CT molecular complexity index is 205. The summed E-state index contributed by atoms with van der Waals surface area (Å²) in [4.78, 5) is 22.5. The SMILES string of the molecule is CCCCCNC(=O)CC(=O)NCCCC. The van der Waals surface area contributed by atoms with Crippen molar-refractivity contribution in [3.63, 3.8) is 0 Å². The maximum absolute atomic E-state index is 11.3. The minimum Gasteiger partial charge on any atom is -0.356 e. The van der Waals surface area contributed by atoms with Crippen molar-refractivity contribution in [2.75, 3.05) is 13.1 Å². The normalized spacial score (nSPS) is 9.88. The largest absolute Gasteiger partial charge is 0.356 e. The van der Waals surface area contributed by atoms with E-state index in [1.807, 2.05) is 0 Å². The molecule has 0 bridgehead atoms. The average Bonchev–Trinajstić information content (AvgIpc) is 2.25. The first kappa shape index (κ1) is 14.9. The van der Waals surface area contributed by atoms with Gasteiger partial charge >= 0.3 is 0 Å². The molecule has 0 aromatic heterocycles. The number of rotatable bonds is 9. The number of hydrogen-bond acceptors (Lipinski definition) is 2. The van der Waals surface area contributed by atoms with Crippen molar-refractivity contribution in [2.45, 2.75) is 52.4 Å². The molecular formula is C12H24N2O2. The van der Waals surface area contributed by atoms with Crippen LogP contribution in [0.3, 0.4) is 0 Å². The van der Waals surface area contributed by atoms with Crippen molar-refractivity contribution < 1.29 is 9.59 Å². The Kier molecular flexibility index (Phi) is 9.76. The zero-order valence-electron chi connectivity index (χ0n) is 10.5. The zero-order valence-corrected chi connectivity index (χ0v) is 10.5. The first-order valence-electron chi connectivity index (χ1n) is 6.24. The van der Waals surface area contributed by atoms with Crippen LogP contribution in [-0.4, -0.2) is 24.9 Å². The van der Waals surface area contributed by atoms with Gasteiger partial charge in [-0.3, -0.25) is 9.59 Å². The second kappa shape index (κ2) is 10.5.